The molecule has 0 aliphatic carbocycles. The molecule has 17 heavy (non-hydrogen) atoms. The fraction of sp³-hybridized carbons (Fsp3) is 0.786. The largest absolute Gasteiger partial charge is 0.335 e. The first-order chi connectivity index (χ1) is 8.13. The lowest BCUT2D eigenvalue weighted by Gasteiger charge is -2.13. The summed E-state index contributed by atoms with van der Waals surface area (Å²) in [5.74, 6) is 2.66. The minimum Gasteiger partial charge on any atom is -0.335 e. The first-order valence-corrected chi connectivity index (χ1v) is 6.84. The van der Waals surface area contributed by atoms with Crippen molar-refractivity contribution in [2.45, 2.75) is 47.1 Å². The SMILES string of the molecule is CCn1ccnc1CC(C)CCNCC(C)C. The van der Waals surface area contributed by atoms with E-state index in [1.807, 2.05) is 6.20 Å². The maximum atomic E-state index is 4.43. The number of rotatable bonds is 8. The van der Waals surface area contributed by atoms with Crippen molar-refractivity contribution in [3.8, 4) is 0 Å². The zero-order valence-corrected chi connectivity index (χ0v) is 11.7. The molecule has 0 spiro atoms. The third-order valence-corrected chi connectivity index (χ3v) is 3.04. The molecule has 0 aromatic carbocycles. The summed E-state index contributed by atoms with van der Waals surface area (Å²) >= 11 is 0. The van der Waals surface area contributed by atoms with Gasteiger partial charge in [-0.1, -0.05) is 20.8 Å². The Morgan fingerprint density at radius 2 is 2.12 bits per heavy atom. The van der Waals surface area contributed by atoms with Crippen molar-refractivity contribution in [2.75, 3.05) is 13.1 Å². The van der Waals surface area contributed by atoms with Crippen molar-refractivity contribution in [3.63, 3.8) is 0 Å². The van der Waals surface area contributed by atoms with Crippen LogP contribution in [-0.4, -0.2) is 22.6 Å². The molecule has 1 rings (SSSR count). The first kappa shape index (κ1) is 14.2. The number of imidazole rings is 1. The second kappa shape index (κ2) is 7.49. The van der Waals surface area contributed by atoms with Crippen LogP contribution in [0.15, 0.2) is 12.4 Å². The summed E-state index contributed by atoms with van der Waals surface area (Å²) < 4.78 is 2.23. The second-order valence-electron chi connectivity index (χ2n) is 5.33. The number of nitrogens with one attached hydrogen (secondary N) is 1. The second-order valence-corrected chi connectivity index (χ2v) is 5.33. The van der Waals surface area contributed by atoms with Gasteiger partial charge in [-0.15, -0.1) is 0 Å². The van der Waals surface area contributed by atoms with Crippen LogP contribution < -0.4 is 5.32 Å². The average Bonchev–Trinajstić information content (AvgIpc) is 2.71. The molecule has 0 radical (unpaired) electrons. The predicted octanol–water partition coefficient (Wildman–Crippen LogP) is 2.72. The predicted molar refractivity (Wildman–Crippen MR) is 73.1 cm³/mol. The van der Waals surface area contributed by atoms with E-state index in [-0.39, 0.29) is 0 Å². The van der Waals surface area contributed by atoms with Gasteiger partial charge in [0.05, 0.1) is 0 Å². The van der Waals surface area contributed by atoms with E-state index in [4.69, 9.17) is 0 Å². The standard InChI is InChI=1S/C14H27N3/c1-5-17-9-8-16-14(17)10-13(4)6-7-15-11-12(2)3/h8-9,12-13,15H,5-7,10-11H2,1-4H3. The summed E-state index contributed by atoms with van der Waals surface area (Å²) in [5, 5.41) is 3.50. The molecule has 1 atom stereocenters. The Balaban J connectivity index is 2.23. The summed E-state index contributed by atoms with van der Waals surface area (Å²) in [6, 6.07) is 0. The molecule has 1 unspecified atom stereocenters. The zero-order chi connectivity index (χ0) is 12.7. The van der Waals surface area contributed by atoms with Crippen LogP contribution in [-0.2, 0) is 13.0 Å². The quantitative estimate of drug-likeness (QED) is 0.705. The molecular formula is C14H27N3. The van der Waals surface area contributed by atoms with Gasteiger partial charge in [0, 0.05) is 25.4 Å². The van der Waals surface area contributed by atoms with Crippen LogP contribution in [0.1, 0.15) is 39.9 Å². The molecule has 98 valence electrons. The van der Waals surface area contributed by atoms with Gasteiger partial charge >= 0.3 is 0 Å². The van der Waals surface area contributed by atoms with E-state index in [9.17, 15) is 0 Å². The van der Waals surface area contributed by atoms with Crippen LogP contribution in [0.5, 0.6) is 0 Å². The number of hydrogen-bond acceptors (Lipinski definition) is 2. The Bertz CT molecular complexity index is 304. The summed E-state index contributed by atoms with van der Waals surface area (Å²) in [6.07, 6.45) is 6.29. The Hall–Kier alpha value is -0.830. The third-order valence-electron chi connectivity index (χ3n) is 3.04. The summed E-state index contributed by atoms with van der Waals surface area (Å²) in [5.41, 5.74) is 0. The zero-order valence-electron chi connectivity index (χ0n) is 11.7. The molecule has 3 heteroatoms. The fourth-order valence-electron chi connectivity index (χ4n) is 1.97. The van der Waals surface area contributed by atoms with Crippen LogP contribution in [0.3, 0.4) is 0 Å². The number of aryl methyl sites for hydroxylation is 1. The molecule has 1 N–H and O–H groups in total. The van der Waals surface area contributed by atoms with Crippen LogP contribution in [0, 0.1) is 11.8 Å². The molecule has 0 fully saturated rings. The van der Waals surface area contributed by atoms with E-state index in [2.05, 4.69) is 48.8 Å². The van der Waals surface area contributed by atoms with Gasteiger partial charge in [0.1, 0.15) is 5.82 Å². The minimum atomic E-state index is 0.697. The highest BCUT2D eigenvalue weighted by atomic mass is 15.0. The van der Waals surface area contributed by atoms with Crippen molar-refractivity contribution in [1.82, 2.24) is 14.9 Å². The van der Waals surface area contributed by atoms with Gasteiger partial charge in [-0.3, -0.25) is 0 Å². The Morgan fingerprint density at radius 1 is 1.35 bits per heavy atom. The Kier molecular flexibility index (Phi) is 6.27. The number of nitrogens with zero attached hydrogens (tertiary/aromatic N) is 2. The van der Waals surface area contributed by atoms with Crippen molar-refractivity contribution >= 4 is 0 Å². The normalized spacial score (nSPS) is 13.2. The minimum absolute atomic E-state index is 0.697. The molecule has 3 nitrogen and oxygen atoms in total. The van der Waals surface area contributed by atoms with Crippen LogP contribution in [0.25, 0.3) is 0 Å². The van der Waals surface area contributed by atoms with E-state index in [0.29, 0.717) is 5.92 Å². The van der Waals surface area contributed by atoms with Crippen LogP contribution in [0.2, 0.25) is 0 Å². The van der Waals surface area contributed by atoms with Gasteiger partial charge in [-0.05, 0) is 38.3 Å². The fourth-order valence-corrected chi connectivity index (χ4v) is 1.97. The maximum Gasteiger partial charge on any atom is 0.108 e. The number of aromatic nitrogens is 2. The average molecular weight is 237 g/mol. The summed E-state index contributed by atoms with van der Waals surface area (Å²) in [4.78, 5) is 4.43. The summed E-state index contributed by atoms with van der Waals surface area (Å²) in [7, 11) is 0. The highest BCUT2D eigenvalue weighted by Crippen LogP contribution is 2.10. The molecule has 1 aromatic heterocycles. The lowest BCUT2D eigenvalue weighted by atomic mass is 10.0. The van der Waals surface area contributed by atoms with Gasteiger partial charge < -0.3 is 9.88 Å². The molecule has 0 aliphatic heterocycles. The van der Waals surface area contributed by atoms with Crippen molar-refractivity contribution < 1.29 is 0 Å². The van der Waals surface area contributed by atoms with E-state index in [1.54, 1.807) is 0 Å². The van der Waals surface area contributed by atoms with Crippen molar-refractivity contribution in [1.29, 1.82) is 0 Å². The highest BCUT2D eigenvalue weighted by Gasteiger charge is 2.07. The lowest BCUT2D eigenvalue weighted by Crippen LogP contribution is -2.22. The van der Waals surface area contributed by atoms with E-state index >= 15 is 0 Å². The number of hydrogen-bond donors (Lipinski definition) is 1. The molecule has 0 saturated carbocycles. The van der Waals surface area contributed by atoms with Crippen molar-refractivity contribution in [2.24, 2.45) is 11.8 Å². The van der Waals surface area contributed by atoms with Gasteiger partial charge in [-0.25, -0.2) is 4.98 Å². The molecule has 0 amide bonds. The Morgan fingerprint density at radius 3 is 2.76 bits per heavy atom. The summed E-state index contributed by atoms with van der Waals surface area (Å²) in [6.45, 7) is 12.2. The molecule has 0 saturated heterocycles. The van der Waals surface area contributed by atoms with Crippen molar-refractivity contribution in [3.05, 3.63) is 18.2 Å². The lowest BCUT2D eigenvalue weighted by molar-refractivity contribution is 0.461. The van der Waals surface area contributed by atoms with Gasteiger partial charge in [0.25, 0.3) is 0 Å². The first-order valence-electron chi connectivity index (χ1n) is 6.84. The smallest absolute Gasteiger partial charge is 0.108 e. The molecule has 0 bridgehead atoms. The van der Waals surface area contributed by atoms with Gasteiger partial charge in [0.2, 0.25) is 0 Å². The third kappa shape index (κ3) is 5.35. The van der Waals surface area contributed by atoms with E-state index in [0.717, 1.165) is 32.0 Å². The maximum absolute atomic E-state index is 4.43. The molecule has 0 aliphatic rings. The van der Waals surface area contributed by atoms with Gasteiger partial charge in [0.15, 0.2) is 0 Å². The van der Waals surface area contributed by atoms with Crippen LogP contribution >= 0.6 is 0 Å². The molecule has 1 heterocycles. The molecule has 1 aromatic rings. The van der Waals surface area contributed by atoms with E-state index in [1.165, 1.54) is 12.2 Å². The monoisotopic (exact) mass is 237 g/mol. The highest BCUT2D eigenvalue weighted by molar-refractivity contribution is 4.93. The molecular weight excluding hydrogens is 210 g/mol. The Labute approximate surface area is 106 Å². The van der Waals surface area contributed by atoms with E-state index < -0.39 is 0 Å². The van der Waals surface area contributed by atoms with Gasteiger partial charge in [-0.2, -0.15) is 0 Å². The van der Waals surface area contributed by atoms with Crippen LogP contribution in [0.4, 0.5) is 0 Å². The topological polar surface area (TPSA) is 29.9 Å².